The lowest BCUT2D eigenvalue weighted by atomic mass is 10.2. The van der Waals surface area contributed by atoms with Crippen LogP contribution in [0, 0.1) is 0 Å². The highest BCUT2D eigenvalue weighted by Gasteiger charge is 1.96. The summed E-state index contributed by atoms with van der Waals surface area (Å²) in [5.74, 6) is 0.772. The Hall–Kier alpha value is -1.24. The fourth-order valence-corrected chi connectivity index (χ4v) is 2.98. The molecular formula is C17H13Br3N2O. The average Bonchev–Trinajstić information content (AvgIpc) is 2.54. The molecule has 0 aliphatic heterocycles. The number of ether oxygens (including phenoxy) is 1. The second kappa shape index (κ2) is 9.80. The van der Waals surface area contributed by atoms with Gasteiger partial charge in [0.25, 0.3) is 0 Å². The summed E-state index contributed by atoms with van der Waals surface area (Å²) in [4.78, 5) is 7.91. The summed E-state index contributed by atoms with van der Waals surface area (Å²) < 4.78 is 8.49. The van der Waals surface area contributed by atoms with E-state index < -0.39 is 0 Å². The maximum Gasteiger partial charge on any atom is 0.139 e. The van der Waals surface area contributed by atoms with Gasteiger partial charge in [0.1, 0.15) is 12.4 Å². The molecule has 3 aromatic rings. The van der Waals surface area contributed by atoms with Gasteiger partial charge in [0, 0.05) is 32.0 Å². The molecule has 2 aromatic heterocycles. The molecule has 0 spiro atoms. The SMILES string of the molecule is Brc1cncc(Br)c1.Brc1cncc(OCc2ccccc2)c1. The molecule has 0 atom stereocenters. The topological polar surface area (TPSA) is 35.0 Å². The summed E-state index contributed by atoms with van der Waals surface area (Å²) in [6.45, 7) is 0.568. The molecule has 0 N–H and O–H groups in total. The van der Waals surface area contributed by atoms with Gasteiger partial charge in [-0.25, -0.2) is 0 Å². The van der Waals surface area contributed by atoms with E-state index in [4.69, 9.17) is 4.74 Å². The van der Waals surface area contributed by atoms with E-state index in [-0.39, 0.29) is 0 Å². The molecule has 0 amide bonds. The first kappa shape index (κ1) is 18.1. The van der Waals surface area contributed by atoms with E-state index in [1.807, 2.05) is 42.5 Å². The zero-order chi connectivity index (χ0) is 16.5. The largest absolute Gasteiger partial charge is 0.487 e. The third-order valence-corrected chi connectivity index (χ3v) is 3.90. The van der Waals surface area contributed by atoms with Gasteiger partial charge in [-0.3, -0.25) is 9.97 Å². The van der Waals surface area contributed by atoms with Gasteiger partial charge in [-0.1, -0.05) is 30.3 Å². The minimum absolute atomic E-state index is 0.568. The van der Waals surface area contributed by atoms with Crippen molar-refractivity contribution in [2.45, 2.75) is 6.61 Å². The average molecular weight is 501 g/mol. The highest BCUT2D eigenvalue weighted by atomic mass is 79.9. The van der Waals surface area contributed by atoms with Gasteiger partial charge in [-0.2, -0.15) is 0 Å². The maximum absolute atomic E-state index is 5.58. The molecule has 0 aliphatic carbocycles. The van der Waals surface area contributed by atoms with Crippen LogP contribution in [-0.2, 0) is 6.61 Å². The fourth-order valence-electron chi connectivity index (χ4n) is 1.60. The van der Waals surface area contributed by atoms with Crippen LogP contribution in [0.3, 0.4) is 0 Å². The number of halogens is 3. The highest BCUT2D eigenvalue weighted by Crippen LogP contribution is 2.17. The van der Waals surface area contributed by atoms with Crippen LogP contribution in [-0.4, -0.2) is 9.97 Å². The molecule has 0 fully saturated rings. The molecule has 2 heterocycles. The number of aromatic nitrogens is 2. The fraction of sp³-hybridized carbons (Fsp3) is 0.0588. The molecule has 6 heteroatoms. The summed E-state index contributed by atoms with van der Waals surface area (Å²) >= 11 is 9.89. The lowest BCUT2D eigenvalue weighted by molar-refractivity contribution is 0.305. The zero-order valence-corrected chi connectivity index (χ0v) is 16.8. The Labute approximate surface area is 160 Å². The van der Waals surface area contributed by atoms with E-state index >= 15 is 0 Å². The van der Waals surface area contributed by atoms with Crippen molar-refractivity contribution in [1.29, 1.82) is 0 Å². The van der Waals surface area contributed by atoms with Crippen molar-refractivity contribution >= 4 is 47.8 Å². The van der Waals surface area contributed by atoms with Crippen LogP contribution in [0.2, 0.25) is 0 Å². The van der Waals surface area contributed by atoms with E-state index in [0.717, 1.165) is 24.7 Å². The summed E-state index contributed by atoms with van der Waals surface area (Å²) in [6, 6.07) is 13.9. The monoisotopic (exact) mass is 498 g/mol. The molecule has 23 heavy (non-hydrogen) atoms. The van der Waals surface area contributed by atoms with Crippen molar-refractivity contribution in [2.24, 2.45) is 0 Å². The van der Waals surface area contributed by atoms with E-state index in [1.54, 1.807) is 24.8 Å². The first-order valence-electron chi connectivity index (χ1n) is 6.67. The van der Waals surface area contributed by atoms with Gasteiger partial charge in [0.15, 0.2) is 0 Å². The van der Waals surface area contributed by atoms with Gasteiger partial charge in [0.2, 0.25) is 0 Å². The predicted octanol–water partition coefficient (Wildman–Crippen LogP) is 6.03. The van der Waals surface area contributed by atoms with Gasteiger partial charge in [0.05, 0.1) is 6.20 Å². The summed E-state index contributed by atoms with van der Waals surface area (Å²) in [5, 5.41) is 0. The van der Waals surface area contributed by atoms with Crippen molar-refractivity contribution in [3.63, 3.8) is 0 Å². The lowest BCUT2D eigenvalue weighted by Gasteiger charge is -2.05. The van der Waals surface area contributed by atoms with Gasteiger partial charge < -0.3 is 4.74 Å². The maximum atomic E-state index is 5.58. The van der Waals surface area contributed by atoms with Crippen LogP contribution in [0.1, 0.15) is 5.56 Å². The predicted molar refractivity (Wildman–Crippen MR) is 102 cm³/mol. The Morgan fingerprint density at radius 1 is 0.739 bits per heavy atom. The Kier molecular flexibility index (Phi) is 7.71. The number of rotatable bonds is 3. The molecule has 118 valence electrons. The molecule has 0 bridgehead atoms. The van der Waals surface area contributed by atoms with Crippen molar-refractivity contribution in [2.75, 3.05) is 0 Å². The van der Waals surface area contributed by atoms with Crippen molar-refractivity contribution < 1.29 is 4.74 Å². The smallest absolute Gasteiger partial charge is 0.139 e. The van der Waals surface area contributed by atoms with Crippen LogP contribution < -0.4 is 4.74 Å². The summed E-state index contributed by atoms with van der Waals surface area (Å²) in [6.07, 6.45) is 6.92. The van der Waals surface area contributed by atoms with E-state index in [2.05, 4.69) is 57.8 Å². The standard InChI is InChI=1S/C12H10BrNO.C5H3Br2N/c13-11-6-12(8-14-7-11)15-9-10-4-2-1-3-5-10;6-4-1-5(7)3-8-2-4/h1-8H,9H2;1-3H. The molecule has 0 radical (unpaired) electrons. The van der Waals surface area contributed by atoms with Gasteiger partial charge in [-0.05, 0) is 65.5 Å². The highest BCUT2D eigenvalue weighted by molar-refractivity contribution is 9.11. The van der Waals surface area contributed by atoms with E-state index in [9.17, 15) is 0 Å². The van der Waals surface area contributed by atoms with Gasteiger partial charge >= 0.3 is 0 Å². The number of hydrogen-bond donors (Lipinski definition) is 0. The molecular weight excluding hydrogens is 488 g/mol. The first-order chi connectivity index (χ1) is 11.1. The van der Waals surface area contributed by atoms with Crippen molar-refractivity contribution in [3.05, 3.63) is 86.2 Å². The van der Waals surface area contributed by atoms with Crippen LogP contribution in [0.4, 0.5) is 0 Å². The number of benzene rings is 1. The summed E-state index contributed by atoms with van der Waals surface area (Å²) in [5.41, 5.74) is 1.15. The van der Waals surface area contributed by atoms with Crippen LogP contribution in [0.15, 0.2) is 80.7 Å². The van der Waals surface area contributed by atoms with Crippen LogP contribution in [0.5, 0.6) is 5.75 Å². The lowest BCUT2D eigenvalue weighted by Crippen LogP contribution is -1.95. The summed E-state index contributed by atoms with van der Waals surface area (Å²) in [7, 11) is 0. The van der Waals surface area contributed by atoms with Crippen LogP contribution in [0.25, 0.3) is 0 Å². The minimum Gasteiger partial charge on any atom is -0.487 e. The van der Waals surface area contributed by atoms with Crippen molar-refractivity contribution in [1.82, 2.24) is 9.97 Å². The number of pyridine rings is 2. The number of nitrogens with zero attached hydrogens (tertiary/aromatic N) is 2. The molecule has 0 saturated heterocycles. The zero-order valence-electron chi connectivity index (χ0n) is 12.0. The Morgan fingerprint density at radius 2 is 1.30 bits per heavy atom. The van der Waals surface area contributed by atoms with Crippen molar-refractivity contribution in [3.8, 4) is 5.75 Å². The molecule has 3 rings (SSSR count). The Morgan fingerprint density at radius 3 is 1.83 bits per heavy atom. The normalized spacial score (nSPS) is 9.70. The second-order valence-corrected chi connectivity index (χ2v) is 7.18. The molecule has 0 unspecified atom stereocenters. The first-order valence-corrected chi connectivity index (χ1v) is 9.05. The third kappa shape index (κ3) is 7.24. The molecule has 0 saturated carbocycles. The second-order valence-electron chi connectivity index (χ2n) is 4.43. The number of hydrogen-bond acceptors (Lipinski definition) is 3. The van der Waals surface area contributed by atoms with Crippen LogP contribution >= 0.6 is 47.8 Å². The molecule has 3 nitrogen and oxygen atoms in total. The Bertz CT molecular complexity index is 721. The van der Waals surface area contributed by atoms with Gasteiger partial charge in [-0.15, -0.1) is 0 Å². The van der Waals surface area contributed by atoms with E-state index in [1.165, 1.54) is 0 Å². The third-order valence-electron chi connectivity index (χ3n) is 2.60. The van der Waals surface area contributed by atoms with E-state index in [0.29, 0.717) is 6.61 Å². The minimum atomic E-state index is 0.568. The quantitative estimate of drug-likeness (QED) is 0.440. The molecule has 1 aromatic carbocycles. The molecule has 0 aliphatic rings. The Balaban J connectivity index is 0.000000203.